The number of rotatable bonds is 5. The van der Waals surface area contributed by atoms with Crippen molar-refractivity contribution in [1.82, 2.24) is 19.5 Å². The third kappa shape index (κ3) is 5.98. The minimum Gasteiger partial charge on any atom is -0.309 e. The average Bonchev–Trinajstić information content (AvgIpc) is 3.95. The van der Waals surface area contributed by atoms with Crippen molar-refractivity contribution in [2.24, 2.45) is 0 Å². The van der Waals surface area contributed by atoms with Crippen molar-refractivity contribution in [3.63, 3.8) is 0 Å². The highest BCUT2D eigenvalue weighted by atomic mass is 32.1. The van der Waals surface area contributed by atoms with Crippen LogP contribution < -0.4 is 0 Å². The van der Waals surface area contributed by atoms with Crippen LogP contribution in [0.3, 0.4) is 0 Å². The summed E-state index contributed by atoms with van der Waals surface area (Å²) in [6.07, 6.45) is 0. The molecule has 70 heavy (non-hydrogen) atoms. The summed E-state index contributed by atoms with van der Waals surface area (Å²) in [5, 5.41) is 16.3. The van der Waals surface area contributed by atoms with Crippen LogP contribution >= 0.6 is 11.3 Å². The van der Waals surface area contributed by atoms with Gasteiger partial charge in [0.25, 0.3) is 0 Å². The molecule has 0 aliphatic rings. The van der Waals surface area contributed by atoms with Crippen molar-refractivity contribution in [3.05, 3.63) is 231 Å². The molecule has 0 atom stereocenters. The molecule has 15 aromatic rings. The van der Waals surface area contributed by atoms with Crippen LogP contribution in [0.2, 0.25) is 0 Å². The Kier molecular flexibility index (Phi) is 8.49. The summed E-state index contributed by atoms with van der Waals surface area (Å²) in [5.41, 5.74) is 8.41. The highest BCUT2D eigenvalue weighted by Gasteiger charge is 2.23. The Hall–Kier alpha value is -9.03. The molecule has 0 unspecified atom stereocenters. The predicted molar refractivity (Wildman–Crippen MR) is 296 cm³/mol. The molecule has 0 saturated heterocycles. The Morgan fingerprint density at radius 1 is 0.286 bits per heavy atom. The van der Waals surface area contributed by atoms with Crippen LogP contribution in [0.4, 0.5) is 0 Å². The smallest absolute Gasteiger partial charge is 0.165 e. The van der Waals surface area contributed by atoms with Crippen molar-refractivity contribution in [2.45, 2.75) is 0 Å². The number of benzene rings is 12. The second-order valence-electron chi connectivity index (χ2n) is 18.3. The van der Waals surface area contributed by atoms with E-state index in [1.54, 1.807) is 0 Å². The normalized spacial score (nSPS) is 12.0. The van der Waals surface area contributed by atoms with Crippen LogP contribution in [0.1, 0.15) is 0 Å². The zero-order valence-electron chi connectivity index (χ0n) is 37.6. The molecule has 0 N–H and O–H groups in total. The highest BCUT2D eigenvalue weighted by molar-refractivity contribution is 7.25. The largest absolute Gasteiger partial charge is 0.309 e. The summed E-state index contributed by atoms with van der Waals surface area (Å²) in [7, 11) is 0. The van der Waals surface area contributed by atoms with E-state index in [0.29, 0.717) is 17.5 Å². The topological polar surface area (TPSA) is 43.6 Å². The maximum absolute atomic E-state index is 5.65. The molecule has 0 bridgehead atoms. The van der Waals surface area contributed by atoms with Gasteiger partial charge in [0, 0.05) is 53.3 Å². The van der Waals surface area contributed by atoms with E-state index in [4.69, 9.17) is 15.0 Å². The Balaban J connectivity index is 1.07. The molecule has 3 aromatic heterocycles. The van der Waals surface area contributed by atoms with Crippen LogP contribution in [0.25, 0.3) is 147 Å². The van der Waals surface area contributed by atoms with E-state index in [1.165, 1.54) is 41.7 Å². The standard InChI is InChI=1S/C65H38N4S/c1-2-16-40-37-58-55(35-39(40)15-1)51-25-11-13-27-57(51)69(58)46-30-31-53(54(38-46)45-29-32-60-56(36-45)52-26-12-14-28-59(52)70-60)63-66-64(61-47-21-7-3-17-41(47)33-42-18-4-8-22-48(42)61)68-65(67-63)62-49-23-9-5-19-43(49)34-44-20-6-10-24-50(44)62/h1-38H. The lowest BCUT2D eigenvalue weighted by atomic mass is 9.94. The number of para-hydroxylation sites is 1. The summed E-state index contributed by atoms with van der Waals surface area (Å²) in [4.78, 5) is 16.9. The van der Waals surface area contributed by atoms with Gasteiger partial charge in [-0.25, -0.2) is 15.0 Å². The molecule has 0 spiro atoms. The van der Waals surface area contributed by atoms with Crippen molar-refractivity contribution in [2.75, 3.05) is 0 Å². The number of fused-ring (bicyclic) bond motifs is 11. The molecule has 12 aromatic carbocycles. The summed E-state index contributed by atoms with van der Waals surface area (Å²) >= 11 is 1.84. The minimum absolute atomic E-state index is 0.610. The van der Waals surface area contributed by atoms with E-state index in [1.807, 2.05) is 11.3 Å². The third-order valence-electron chi connectivity index (χ3n) is 14.4. The van der Waals surface area contributed by atoms with Crippen molar-refractivity contribution in [1.29, 1.82) is 0 Å². The zero-order valence-corrected chi connectivity index (χ0v) is 38.5. The van der Waals surface area contributed by atoms with Crippen LogP contribution in [-0.2, 0) is 0 Å². The highest BCUT2D eigenvalue weighted by Crippen LogP contribution is 2.44. The van der Waals surface area contributed by atoms with Gasteiger partial charge in [-0.05, 0) is 132 Å². The van der Waals surface area contributed by atoms with Gasteiger partial charge in [0.15, 0.2) is 17.5 Å². The molecule has 324 valence electrons. The van der Waals surface area contributed by atoms with Crippen LogP contribution in [-0.4, -0.2) is 19.5 Å². The first-order chi connectivity index (χ1) is 34.7. The fraction of sp³-hybridized carbons (Fsp3) is 0. The van der Waals surface area contributed by atoms with Crippen molar-refractivity contribution >= 4 is 107 Å². The Morgan fingerprint density at radius 3 is 1.39 bits per heavy atom. The molecular formula is C65H38N4S. The van der Waals surface area contributed by atoms with Crippen molar-refractivity contribution < 1.29 is 0 Å². The lowest BCUT2D eigenvalue weighted by molar-refractivity contribution is 1.08. The third-order valence-corrected chi connectivity index (χ3v) is 15.5. The molecule has 0 aliphatic heterocycles. The van der Waals surface area contributed by atoms with Gasteiger partial charge in [-0.1, -0.05) is 164 Å². The molecule has 3 heterocycles. The number of nitrogens with zero attached hydrogens (tertiary/aromatic N) is 4. The van der Waals surface area contributed by atoms with Crippen LogP contribution in [0.5, 0.6) is 0 Å². The van der Waals surface area contributed by atoms with E-state index >= 15 is 0 Å². The predicted octanol–water partition coefficient (Wildman–Crippen LogP) is 17.8. The number of thiophene rings is 1. The first kappa shape index (κ1) is 39.0. The lowest BCUT2D eigenvalue weighted by Gasteiger charge is -2.17. The van der Waals surface area contributed by atoms with E-state index in [-0.39, 0.29) is 0 Å². The van der Waals surface area contributed by atoms with Gasteiger partial charge in [-0.15, -0.1) is 11.3 Å². The van der Waals surface area contributed by atoms with E-state index in [0.717, 1.165) is 87.6 Å². The quantitative estimate of drug-likeness (QED) is 0.162. The molecule has 0 radical (unpaired) electrons. The molecule has 0 amide bonds. The van der Waals surface area contributed by atoms with E-state index in [9.17, 15) is 0 Å². The zero-order chi connectivity index (χ0) is 45.9. The Labute approximate surface area is 406 Å². The summed E-state index contributed by atoms with van der Waals surface area (Å²) in [5.74, 6) is 1.88. The van der Waals surface area contributed by atoms with Gasteiger partial charge in [0.1, 0.15) is 0 Å². The molecule has 5 heteroatoms. The van der Waals surface area contributed by atoms with Gasteiger partial charge in [-0.3, -0.25) is 0 Å². The first-order valence-corrected chi connectivity index (χ1v) is 24.6. The number of hydrogen-bond acceptors (Lipinski definition) is 4. The maximum atomic E-state index is 5.65. The Morgan fingerprint density at radius 2 is 0.771 bits per heavy atom. The van der Waals surface area contributed by atoms with Gasteiger partial charge in [-0.2, -0.15) is 0 Å². The molecular weight excluding hydrogens is 869 g/mol. The summed E-state index contributed by atoms with van der Waals surface area (Å²) < 4.78 is 4.96. The Bertz CT molecular complexity index is 4430. The fourth-order valence-corrected chi connectivity index (χ4v) is 12.2. The van der Waals surface area contributed by atoms with Gasteiger partial charge in [0.05, 0.1) is 11.0 Å². The van der Waals surface area contributed by atoms with E-state index in [2.05, 4.69) is 235 Å². The average molecular weight is 907 g/mol. The first-order valence-electron chi connectivity index (χ1n) is 23.7. The molecule has 15 rings (SSSR count). The molecule has 4 nitrogen and oxygen atoms in total. The molecule has 0 fully saturated rings. The molecule has 0 aliphatic carbocycles. The summed E-state index contributed by atoms with van der Waals surface area (Å²) in [6.45, 7) is 0. The summed E-state index contributed by atoms with van der Waals surface area (Å²) in [6, 6.07) is 83.6. The van der Waals surface area contributed by atoms with E-state index < -0.39 is 0 Å². The monoisotopic (exact) mass is 906 g/mol. The number of aromatic nitrogens is 4. The minimum atomic E-state index is 0.610. The van der Waals surface area contributed by atoms with Crippen LogP contribution in [0.15, 0.2) is 231 Å². The van der Waals surface area contributed by atoms with Crippen LogP contribution in [0, 0.1) is 0 Å². The SMILES string of the molecule is c1ccc2cc3c(cc2c1)c1ccccc1n3-c1ccc(-c2nc(-c3c4ccccc4cc4ccccc34)nc(-c3c4ccccc4cc4ccccc34)n2)c(-c2ccc3sc4ccccc4c3c2)c1. The lowest BCUT2D eigenvalue weighted by Crippen LogP contribution is -2.03. The van der Waals surface area contributed by atoms with Gasteiger partial charge >= 0.3 is 0 Å². The maximum Gasteiger partial charge on any atom is 0.165 e. The number of hydrogen-bond donors (Lipinski definition) is 0. The van der Waals surface area contributed by atoms with Crippen molar-refractivity contribution in [3.8, 4) is 51.0 Å². The second kappa shape index (κ2) is 15.2. The second-order valence-corrected chi connectivity index (χ2v) is 19.4. The van der Waals surface area contributed by atoms with Gasteiger partial charge < -0.3 is 4.57 Å². The fourth-order valence-electron chi connectivity index (χ4n) is 11.2. The van der Waals surface area contributed by atoms with Gasteiger partial charge in [0.2, 0.25) is 0 Å². The molecule has 0 saturated carbocycles.